The number of hydrogen-bond donors (Lipinski definition) is 0. The van der Waals surface area contributed by atoms with E-state index in [0.717, 1.165) is 12.8 Å². The molecule has 2 nitrogen and oxygen atoms in total. The topological polar surface area (TPSA) is 40.9 Å². The maximum Gasteiger partial charge on any atom is 0.143 e. The van der Waals surface area contributed by atoms with Gasteiger partial charge in [0.1, 0.15) is 5.78 Å². The summed E-state index contributed by atoms with van der Waals surface area (Å²) < 4.78 is 0. The van der Waals surface area contributed by atoms with E-state index in [2.05, 4.69) is 13.8 Å². The predicted octanol–water partition coefficient (Wildman–Crippen LogP) is 2.85. The average molecular weight is 191 g/mol. The Balaban J connectivity index is 3.06. The lowest BCUT2D eigenvalue weighted by Crippen LogP contribution is -2.43. The molecule has 14 heavy (non-hydrogen) atoms. The lowest BCUT2D eigenvalue weighted by molar-refractivity contribution is -0.134. The second kappa shape index (κ2) is 3.57. The van der Waals surface area contributed by atoms with Gasteiger partial charge < -0.3 is 0 Å². The minimum atomic E-state index is -0.457. The van der Waals surface area contributed by atoms with Crippen molar-refractivity contribution in [1.29, 1.82) is 5.26 Å². The van der Waals surface area contributed by atoms with Gasteiger partial charge in [-0.1, -0.05) is 19.9 Å². The fourth-order valence-electron chi connectivity index (χ4n) is 2.11. The highest BCUT2D eigenvalue weighted by Crippen LogP contribution is 2.48. The Morgan fingerprint density at radius 2 is 2.07 bits per heavy atom. The van der Waals surface area contributed by atoms with Crippen LogP contribution in [0.3, 0.4) is 0 Å². The number of Topliss-reactive ketones (excluding diaryl/α,β-unsaturated/α-hetero) is 1. The SMILES string of the molecule is CC1(C)CCCC(=O)C1(C)/C=C/C#N. The number of ketones is 1. The highest BCUT2D eigenvalue weighted by atomic mass is 16.1. The number of carbonyl (C=O) groups is 1. The lowest BCUT2D eigenvalue weighted by Gasteiger charge is -2.44. The van der Waals surface area contributed by atoms with Crippen LogP contribution < -0.4 is 0 Å². The average Bonchev–Trinajstić information content (AvgIpc) is 2.11. The summed E-state index contributed by atoms with van der Waals surface area (Å²) in [5.41, 5.74) is -0.489. The standard InChI is InChI=1S/C12H17NO/c1-11(2)7-4-6-10(14)12(11,3)8-5-9-13/h5,8H,4,6-7H2,1-3H3/b8-5+. The molecule has 1 saturated carbocycles. The van der Waals surface area contributed by atoms with Crippen LogP contribution in [0, 0.1) is 22.2 Å². The molecule has 0 aliphatic heterocycles. The first kappa shape index (κ1) is 11.0. The van der Waals surface area contributed by atoms with E-state index in [1.165, 1.54) is 6.08 Å². The Hall–Kier alpha value is -1.10. The van der Waals surface area contributed by atoms with Crippen molar-refractivity contribution in [3.05, 3.63) is 12.2 Å². The van der Waals surface area contributed by atoms with E-state index in [-0.39, 0.29) is 11.2 Å². The summed E-state index contributed by atoms with van der Waals surface area (Å²) in [7, 11) is 0. The first-order valence-corrected chi connectivity index (χ1v) is 5.05. The minimum absolute atomic E-state index is 0.0321. The number of carbonyl (C=O) groups excluding carboxylic acids is 1. The third-order valence-electron chi connectivity index (χ3n) is 3.68. The van der Waals surface area contributed by atoms with Gasteiger partial charge in [0, 0.05) is 12.5 Å². The van der Waals surface area contributed by atoms with Gasteiger partial charge in [-0.3, -0.25) is 4.79 Å². The molecular weight excluding hydrogens is 174 g/mol. The molecule has 2 heteroatoms. The highest BCUT2D eigenvalue weighted by molar-refractivity contribution is 5.88. The molecule has 0 N–H and O–H groups in total. The largest absolute Gasteiger partial charge is 0.299 e. The summed E-state index contributed by atoms with van der Waals surface area (Å²) in [6.07, 6.45) is 5.88. The van der Waals surface area contributed by atoms with Gasteiger partial charge in [-0.15, -0.1) is 0 Å². The third kappa shape index (κ3) is 1.59. The van der Waals surface area contributed by atoms with Gasteiger partial charge in [0.15, 0.2) is 0 Å². The van der Waals surface area contributed by atoms with Crippen molar-refractivity contribution < 1.29 is 4.79 Å². The molecular formula is C12H17NO. The second-order valence-corrected chi connectivity index (χ2v) is 4.83. The summed E-state index contributed by atoms with van der Waals surface area (Å²) in [4.78, 5) is 11.9. The Morgan fingerprint density at radius 3 is 2.57 bits per heavy atom. The van der Waals surface area contributed by atoms with E-state index in [9.17, 15) is 4.79 Å². The second-order valence-electron chi connectivity index (χ2n) is 4.83. The van der Waals surface area contributed by atoms with Crippen molar-refractivity contribution in [2.75, 3.05) is 0 Å². The molecule has 76 valence electrons. The Kier molecular flexibility index (Phi) is 2.80. The molecule has 0 bridgehead atoms. The smallest absolute Gasteiger partial charge is 0.143 e. The van der Waals surface area contributed by atoms with Crippen molar-refractivity contribution >= 4 is 5.78 Å². The van der Waals surface area contributed by atoms with Gasteiger partial charge in [-0.25, -0.2) is 0 Å². The molecule has 0 aromatic carbocycles. The van der Waals surface area contributed by atoms with E-state index < -0.39 is 5.41 Å². The monoisotopic (exact) mass is 191 g/mol. The highest BCUT2D eigenvalue weighted by Gasteiger charge is 2.46. The zero-order chi connectivity index (χ0) is 10.8. The summed E-state index contributed by atoms with van der Waals surface area (Å²) in [5.74, 6) is 0.264. The van der Waals surface area contributed by atoms with Crippen LogP contribution in [0.5, 0.6) is 0 Å². The zero-order valence-corrected chi connectivity index (χ0v) is 9.13. The normalized spacial score (nSPS) is 31.7. The zero-order valence-electron chi connectivity index (χ0n) is 9.13. The van der Waals surface area contributed by atoms with E-state index in [1.54, 1.807) is 6.08 Å². The van der Waals surface area contributed by atoms with Crippen molar-refractivity contribution in [3.8, 4) is 6.07 Å². The van der Waals surface area contributed by atoms with Crippen LogP contribution >= 0.6 is 0 Å². The predicted molar refractivity (Wildman–Crippen MR) is 55.5 cm³/mol. The number of allylic oxidation sites excluding steroid dienone is 2. The number of nitriles is 1. The molecule has 1 aliphatic carbocycles. The first-order chi connectivity index (χ1) is 6.44. The molecule has 1 fully saturated rings. The quantitative estimate of drug-likeness (QED) is 0.598. The molecule has 0 aromatic heterocycles. The molecule has 1 rings (SSSR count). The third-order valence-corrected chi connectivity index (χ3v) is 3.68. The molecule has 1 atom stereocenters. The van der Waals surface area contributed by atoms with Crippen LogP contribution in [0.1, 0.15) is 40.0 Å². The van der Waals surface area contributed by atoms with Crippen LogP contribution in [-0.4, -0.2) is 5.78 Å². The van der Waals surface area contributed by atoms with Crippen LogP contribution in [0.15, 0.2) is 12.2 Å². The molecule has 0 heterocycles. The van der Waals surface area contributed by atoms with Crippen LogP contribution in [0.2, 0.25) is 0 Å². The fourth-order valence-corrected chi connectivity index (χ4v) is 2.11. The van der Waals surface area contributed by atoms with E-state index in [1.807, 2.05) is 13.0 Å². The van der Waals surface area contributed by atoms with Crippen molar-refractivity contribution in [3.63, 3.8) is 0 Å². The summed E-state index contributed by atoms with van der Waals surface area (Å²) in [5, 5.41) is 8.52. The Bertz CT molecular complexity index is 309. The van der Waals surface area contributed by atoms with Gasteiger partial charge in [0.25, 0.3) is 0 Å². The lowest BCUT2D eigenvalue weighted by atomic mass is 9.58. The minimum Gasteiger partial charge on any atom is -0.299 e. The van der Waals surface area contributed by atoms with Gasteiger partial charge >= 0.3 is 0 Å². The van der Waals surface area contributed by atoms with Crippen molar-refractivity contribution in [1.82, 2.24) is 0 Å². The fraction of sp³-hybridized carbons (Fsp3) is 0.667. The van der Waals surface area contributed by atoms with Crippen LogP contribution in [-0.2, 0) is 4.79 Å². The van der Waals surface area contributed by atoms with Crippen molar-refractivity contribution in [2.45, 2.75) is 40.0 Å². The maximum atomic E-state index is 11.9. The molecule has 0 aromatic rings. The van der Waals surface area contributed by atoms with Gasteiger partial charge in [-0.05, 0) is 25.2 Å². The van der Waals surface area contributed by atoms with Crippen molar-refractivity contribution in [2.24, 2.45) is 10.8 Å². The number of rotatable bonds is 1. The molecule has 0 saturated heterocycles. The van der Waals surface area contributed by atoms with E-state index in [0.29, 0.717) is 6.42 Å². The summed E-state index contributed by atoms with van der Waals surface area (Å²) in [6.45, 7) is 6.15. The molecule has 0 radical (unpaired) electrons. The summed E-state index contributed by atoms with van der Waals surface area (Å²) in [6, 6.07) is 1.97. The van der Waals surface area contributed by atoms with Crippen LogP contribution in [0.4, 0.5) is 0 Å². The molecule has 1 unspecified atom stereocenters. The van der Waals surface area contributed by atoms with Gasteiger partial charge in [0.2, 0.25) is 0 Å². The maximum absolute atomic E-state index is 11.9. The summed E-state index contributed by atoms with van der Waals surface area (Å²) >= 11 is 0. The first-order valence-electron chi connectivity index (χ1n) is 5.05. The number of hydrogen-bond acceptors (Lipinski definition) is 2. The molecule has 1 aliphatic rings. The van der Waals surface area contributed by atoms with E-state index >= 15 is 0 Å². The van der Waals surface area contributed by atoms with Crippen LogP contribution in [0.25, 0.3) is 0 Å². The molecule has 0 amide bonds. The Morgan fingerprint density at radius 1 is 1.43 bits per heavy atom. The van der Waals surface area contributed by atoms with Gasteiger partial charge in [0.05, 0.1) is 11.5 Å². The van der Waals surface area contributed by atoms with E-state index in [4.69, 9.17) is 5.26 Å². The van der Waals surface area contributed by atoms with Gasteiger partial charge in [-0.2, -0.15) is 5.26 Å². The number of nitrogens with zero attached hydrogens (tertiary/aromatic N) is 1. The molecule has 0 spiro atoms. The Labute approximate surface area is 85.6 Å².